The number of thioether (sulfide) groups is 1. The second-order valence-electron chi connectivity index (χ2n) is 7.67. The molecule has 1 amide bonds. The quantitative estimate of drug-likeness (QED) is 0.240. The number of hydrogen-bond donors (Lipinski definition) is 1. The van der Waals surface area contributed by atoms with Gasteiger partial charge in [0.25, 0.3) is 5.91 Å². The normalized spacial score (nSPS) is 15.7. The maximum absolute atomic E-state index is 12.8. The molecule has 35 heavy (non-hydrogen) atoms. The molecular formula is C27H17BrCl2N2O2S. The molecule has 5 rings (SSSR count). The van der Waals surface area contributed by atoms with Crippen LogP contribution in [0.4, 0.5) is 5.69 Å². The topological polar surface area (TPSA) is 50.7 Å². The lowest BCUT2D eigenvalue weighted by Crippen LogP contribution is -2.19. The summed E-state index contributed by atoms with van der Waals surface area (Å²) in [6, 6.07) is 25.1. The van der Waals surface area contributed by atoms with Crippen molar-refractivity contribution in [3.8, 4) is 5.75 Å². The van der Waals surface area contributed by atoms with E-state index in [-0.39, 0.29) is 5.91 Å². The summed E-state index contributed by atoms with van der Waals surface area (Å²) in [6.07, 6.45) is 1.85. The van der Waals surface area contributed by atoms with Crippen molar-refractivity contribution in [2.45, 2.75) is 6.61 Å². The van der Waals surface area contributed by atoms with E-state index < -0.39 is 0 Å². The van der Waals surface area contributed by atoms with Crippen LogP contribution in [0.2, 0.25) is 10.0 Å². The second-order valence-corrected chi connectivity index (χ2v) is 10.4. The molecule has 0 aromatic heterocycles. The molecule has 1 heterocycles. The van der Waals surface area contributed by atoms with Crippen molar-refractivity contribution in [3.63, 3.8) is 0 Å². The number of carbonyl (C=O) groups excluding carboxylic acids is 1. The van der Waals surface area contributed by atoms with Crippen molar-refractivity contribution in [1.82, 2.24) is 5.32 Å². The minimum Gasteiger partial charge on any atom is -0.488 e. The number of amides is 1. The van der Waals surface area contributed by atoms with Crippen LogP contribution in [0.5, 0.6) is 5.75 Å². The zero-order chi connectivity index (χ0) is 24.4. The van der Waals surface area contributed by atoms with Gasteiger partial charge in [-0.25, -0.2) is 4.99 Å². The summed E-state index contributed by atoms with van der Waals surface area (Å²) in [5.74, 6) is 0.453. The molecule has 4 aromatic rings. The molecule has 0 radical (unpaired) electrons. The van der Waals surface area contributed by atoms with Gasteiger partial charge in [-0.2, -0.15) is 0 Å². The van der Waals surface area contributed by atoms with Crippen LogP contribution in [0.1, 0.15) is 11.1 Å². The first-order valence-corrected chi connectivity index (χ1v) is 13.0. The molecule has 0 aliphatic carbocycles. The molecule has 1 aliphatic rings. The second kappa shape index (κ2) is 10.5. The van der Waals surface area contributed by atoms with E-state index in [1.807, 2.05) is 66.7 Å². The Hall–Kier alpha value is -2.77. The molecule has 0 bridgehead atoms. The van der Waals surface area contributed by atoms with Crippen molar-refractivity contribution >= 4 is 84.5 Å². The highest BCUT2D eigenvalue weighted by Crippen LogP contribution is 2.37. The SMILES string of the molecule is O=C1NC(=Nc2cccc(Cl)c2Cl)S/C1=C/c1c(OCc2ccc(Br)cc2)ccc2ccccc12. The largest absolute Gasteiger partial charge is 0.488 e. The van der Waals surface area contributed by atoms with Gasteiger partial charge >= 0.3 is 0 Å². The summed E-state index contributed by atoms with van der Waals surface area (Å²) in [7, 11) is 0. The maximum Gasteiger partial charge on any atom is 0.264 e. The van der Waals surface area contributed by atoms with Crippen LogP contribution in [0, 0.1) is 0 Å². The number of ether oxygens (including phenoxy) is 1. The number of benzene rings is 4. The predicted molar refractivity (Wildman–Crippen MR) is 150 cm³/mol. The fourth-order valence-electron chi connectivity index (χ4n) is 3.59. The summed E-state index contributed by atoms with van der Waals surface area (Å²) in [4.78, 5) is 17.8. The summed E-state index contributed by atoms with van der Waals surface area (Å²) >= 11 is 17.1. The van der Waals surface area contributed by atoms with Gasteiger partial charge in [0.2, 0.25) is 0 Å². The summed E-state index contributed by atoms with van der Waals surface area (Å²) in [5, 5.41) is 6.03. The first-order valence-electron chi connectivity index (χ1n) is 10.6. The van der Waals surface area contributed by atoms with Crippen molar-refractivity contribution in [2.24, 2.45) is 4.99 Å². The van der Waals surface area contributed by atoms with Crippen molar-refractivity contribution in [1.29, 1.82) is 0 Å². The fourth-order valence-corrected chi connectivity index (χ4v) is 5.01. The average molecular weight is 584 g/mol. The Balaban J connectivity index is 1.49. The smallest absolute Gasteiger partial charge is 0.264 e. The van der Waals surface area contributed by atoms with E-state index in [2.05, 4.69) is 26.2 Å². The van der Waals surface area contributed by atoms with Gasteiger partial charge in [-0.3, -0.25) is 4.79 Å². The Bertz CT molecular complexity index is 1500. The molecule has 4 nitrogen and oxygen atoms in total. The standard InChI is InChI=1S/C27H17BrCl2N2O2S/c28-18-11-8-16(9-12-18)15-34-23-13-10-17-4-1-2-5-19(17)20(23)14-24-26(33)32-27(35-24)31-22-7-3-6-21(29)25(22)30/h1-14H,15H2,(H,31,32,33)/b24-14+. The third kappa shape index (κ3) is 5.41. The Morgan fingerprint density at radius 3 is 2.60 bits per heavy atom. The van der Waals surface area contributed by atoms with Crippen molar-refractivity contribution < 1.29 is 9.53 Å². The Morgan fingerprint density at radius 1 is 0.971 bits per heavy atom. The molecular weight excluding hydrogens is 567 g/mol. The number of amidine groups is 1. The minimum absolute atomic E-state index is 0.237. The van der Waals surface area contributed by atoms with E-state index in [9.17, 15) is 4.79 Å². The zero-order valence-corrected chi connectivity index (χ0v) is 22.0. The number of hydrogen-bond acceptors (Lipinski definition) is 4. The Labute approximate surface area is 225 Å². The number of rotatable bonds is 5. The van der Waals surface area contributed by atoms with Crippen LogP contribution in [0.15, 0.2) is 93.2 Å². The minimum atomic E-state index is -0.237. The summed E-state index contributed by atoms with van der Waals surface area (Å²) in [6.45, 7) is 0.404. The van der Waals surface area contributed by atoms with Gasteiger partial charge in [-0.1, -0.05) is 87.7 Å². The molecule has 1 N–H and O–H groups in total. The number of carbonyl (C=O) groups is 1. The van der Waals surface area contributed by atoms with E-state index in [1.165, 1.54) is 11.8 Å². The number of fused-ring (bicyclic) bond motifs is 1. The van der Waals surface area contributed by atoms with Gasteiger partial charge in [0, 0.05) is 10.0 Å². The van der Waals surface area contributed by atoms with E-state index in [4.69, 9.17) is 27.9 Å². The number of nitrogens with zero attached hydrogens (tertiary/aromatic N) is 1. The van der Waals surface area contributed by atoms with Crippen LogP contribution in [0.3, 0.4) is 0 Å². The molecule has 0 unspecified atom stereocenters. The van der Waals surface area contributed by atoms with Crippen LogP contribution in [-0.4, -0.2) is 11.1 Å². The third-order valence-electron chi connectivity index (χ3n) is 5.32. The molecule has 174 valence electrons. The van der Waals surface area contributed by atoms with Gasteiger partial charge in [-0.15, -0.1) is 0 Å². The maximum atomic E-state index is 12.8. The van der Waals surface area contributed by atoms with E-state index in [0.717, 1.165) is 26.4 Å². The third-order valence-corrected chi connectivity index (χ3v) is 7.57. The predicted octanol–water partition coefficient (Wildman–Crippen LogP) is 8.38. The molecule has 0 spiro atoms. The molecule has 1 aliphatic heterocycles. The highest BCUT2D eigenvalue weighted by molar-refractivity contribution is 9.10. The van der Waals surface area contributed by atoms with E-state index in [1.54, 1.807) is 18.2 Å². The molecule has 4 aromatic carbocycles. The van der Waals surface area contributed by atoms with Gasteiger partial charge < -0.3 is 10.1 Å². The first-order chi connectivity index (χ1) is 17.0. The van der Waals surface area contributed by atoms with Gasteiger partial charge in [-0.05, 0) is 64.5 Å². The molecule has 1 saturated heterocycles. The molecule has 0 saturated carbocycles. The van der Waals surface area contributed by atoms with Crippen LogP contribution in [0.25, 0.3) is 16.8 Å². The highest BCUT2D eigenvalue weighted by Gasteiger charge is 2.25. The Kier molecular flexibility index (Phi) is 7.16. The van der Waals surface area contributed by atoms with Gasteiger partial charge in [0.05, 0.1) is 20.6 Å². The van der Waals surface area contributed by atoms with Crippen LogP contribution < -0.4 is 10.1 Å². The highest BCUT2D eigenvalue weighted by atomic mass is 79.9. The summed E-state index contributed by atoms with van der Waals surface area (Å²) in [5.41, 5.74) is 2.37. The Morgan fingerprint density at radius 2 is 1.77 bits per heavy atom. The van der Waals surface area contributed by atoms with Crippen molar-refractivity contribution in [3.05, 3.63) is 109 Å². The monoisotopic (exact) mass is 582 g/mol. The fraction of sp³-hybridized carbons (Fsp3) is 0.0370. The summed E-state index contributed by atoms with van der Waals surface area (Å²) < 4.78 is 7.22. The molecule has 0 atom stereocenters. The number of nitrogens with one attached hydrogen (secondary N) is 1. The lowest BCUT2D eigenvalue weighted by atomic mass is 10.0. The average Bonchev–Trinajstić information content (AvgIpc) is 3.21. The first kappa shape index (κ1) is 23.9. The van der Waals surface area contributed by atoms with Crippen LogP contribution >= 0.6 is 50.9 Å². The lowest BCUT2D eigenvalue weighted by molar-refractivity contribution is -0.115. The van der Waals surface area contributed by atoms with E-state index in [0.29, 0.717) is 38.2 Å². The van der Waals surface area contributed by atoms with Crippen LogP contribution in [-0.2, 0) is 11.4 Å². The number of halogens is 3. The lowest BCUT2D eigenvalue weighted by Gasteiger charge is -2.13. The zero-order valence-electron chi connectivity index (χ0n) is 18.1. The molecule has 8 heteroatoms. The van der Waals surface area contributed by atoms with Gasteiger partial charge in [0.1, 0.15) is 12.4 Å². The molecule has 1 fully saturated rings. The number of aliphatic imine (C=N–C) groups is 1. The van der Waals surface area contributed by atoms with Gasteiger partial charge in [0.15, 0.2) is 5.17 Å². The van der Waals surface area contributed by atoms with E-state index >= 15 is 0 Å². The van der Waals surface area contributed by atoms with Crippen molar-refractivity contribution in [2.75, 3.05) is 0 Å².